The Balaban J connectivity index is 2.00. The van der Waals surface area contributed by atoms with Crippen LogP contribution in [0.2, 0.25) is 5.02 Å². The summed E-state index contributed by atoms with van der Waals surface area (Å²) < 4.78 is 1.58. The second-order valence-corrected chi connectivity index (χ2v) is 4.96. The van der Waals surface area contributed by atoms with Crippen molar-refractivity contribution < 1.29 is 9.90 Å². The molecule has 20 heavy (non-hydrogen) atoms. The number of carbonyl (C=O) groups excluding carboxylic acids is 1. The SMILES string of the molecule is Cc1nn(C)cc1C(=O)NCC(O)c1ccccc1Cl. The second-order valence-electron chi connectivity index (χ2n) is 4.55. The number of aliphatic hydroxyl groups is 1. The van der Waals surface area contributed by atoms with Gasteiger partial charge >= 0.3 is 0 Å². The summed E-state index contributed by atoms with van der Waals surface area (Å²) in [5, 5.41) is 17.3. The van der Waals surface area contributed by atoms with Crippen LogP contribution < -0.4 is 5.32 Å². The zero-order valence-corrected chi connectivity index (χ0v) is 12.1. The Morgan fingerprint density at radius 2 is 2.20 bits per heavy atom. The number of hydrogen-bond acceptors (Lipinski definition) is 3. The fourth-order valence-corrected chi connectivity index (χ4v) is 2.22. The lowest BCUT2D eigenvalue weighted by atomic mass is 10.1. The average molecular weight is 294 g/mol. The van der Waals surface area contributed by atoms with Gasteiger partial charge in [0.1, 0.15) is 0 Å². The molecule has 0 bridgehead atoms. The molecule has 0 saturated carbocycles. The summed E-state index contributed by atoms with van der Waals surface area (Å²) >= 11 is 5.99. The molecule has 1 aromatic heterocycles. The molecular formula is C14H16ClN3O2. The summed E-state index contributed by atoms with van der Waals surface area (Å²) in [6, 6.07) is 7.01. The number of nitrogens with one attached hydrogen (secondary N) is 1. The van der Waals surface area contributed by atoms with Gasteiger partial charge in [-0.1, -0.05) is 29.8 Å². The van der Waals surface area contributed by atoms with Crippen LogP contribution in [0, 0.1) is 6.92 Å². The van der Waals surface area contributed by atoms with E-state index in [9.17, 15) is 9.90 Å². The summed E-state index contributed by atoms with van der Waals surface area (Å²) in [5.74, 6) is -0.262. The van der Waals surface area contributed by atoms with Gasteiger partial charge in [-0.05, 0) is 13.0 Å². The fourth-order valence-electron chi connectivity index (χ4n) is 1.96. The molecule has 1 aromatic carbocycles. The van der Waals surface area contributed by atoms with E-state index in [0.717, 1.165) is 0 Å². The molecule has 106 valence electrons. The normalized spacial score (nSPS) is 12.2. The van der Waals surface area contributed by atoms with Crippen molar-refractivity contribution in [1.29, 1.82) is 0 Å². The smallest absolute Gasteiger partial charge is 0.254 e. The van der Waals surface area contributed by atoms with E-state index in [1.54, 1.807) is 49.1 Å². The van der Waals surface area contributed by atoms with E-state index in [1.165, 1.54) is 0 Å². The van der Waals surface area contributed by atoms with Gasteiger partial charge < -0.3 is 10.4 Å². The summed E-state index contributed by atoms with van der Waals surface area (Å²) in [7, 11) is 1.75. The molecule has 1 amide bonds. The minimum Gasteiger partial charge on any atom is -0.387 e. The number of aryl methyl sites for hydroxylation is 2. The van der Waals surface area contributed by atoms with Gasteiger partial charge in [-0.15, -0.1) is 0 Å². The van der Waals surface area contributed by atoms with E-state index in [-0.39, 0.29) is 12.5 Å². The van der Waals surface area contributed by atoms with E-state index >= 15 is 0 Å². The lowest BCUT2D eigenvalue weighted by Crippen LogP contribution is -2.28. The predicted octanol–water partition coefficient (Wildman–Crippen LogP) is 1.85. The summed E-state index contributed by atoms with van der Waals surface area (Å²) in [6.45, 7) is 1.86. The summed E-state index contributed by atoms with van der Waals surface area (Å²) in [4.78, 5) is 12.0. The zero-order valence-electron chi connectivity index (χ0n) is 11.3. The van der Waals surface area contributed by atoms with Crippen LogP contribution >= 0.6 is 11.6 Å². The van der Waals surface area contributed by atoms with Crippen LogP contribution in [0.15, 0.2) is 30.5 Å². The van der Waals surface area contributed by atoms with Crippen molar-refractivity contribution in [1.82, 2.24) is 15.1 Å². The second kappa shape index (κ2) is 6.07. The Bertz CT molecular complexity index is 625. The minimum absolute atomic E-state index is 0.0941. The fraction of sp³-hybridized carbons (Fsp3) is 0.286. The lowest BCUT2D eigenvalue weighted by molar-refractivity contribution is 0.0915. The van der Waals surface area contributed by atoms with Crippen molar-refractivity contribution in [3.63, 3.8) is 0 Å². The first-order valence-corrected chi connectivity index (χ1v) is 6.57. The maximum atomic E-state index is 12.0. The molecule has 0 aliphatic rings. The van der Waals surface area contributed by atoms with Crippen LogP contribution in [0.1, 0.15) is 27.7 Å². The van der Waals surface area contributed by atoms with Crippen molar-refractivity contribution in [3.05, 3.63) is 52.3 Å². The molecule has 0 radical (unpaired) electrons. The molecule has 0 aliphatic carbocycles. The van der Waals surface area contributed by atoms with Crippen LogP contribution in [0.5, 0.6) is 0 Å². The van der Waals surface area contributed by atoms with Crippen molar-refractivity contribution in [2.75, 3.05) is 6.54 Å². The number of benzene rings is 1. The molecule has 5 nitrogen and oxygen atoms in total. The molecule has 2 N–H and O–H groups in total. The van der Waals surface area contributed by atoms with Crippen LogP contribution in [-0.2, 0) is 7.05 Å². The van der Waals surface area contributed by atoms with Crippen LogP contribution in [0.4, 0.5) is 0 Å². The van der Waals surface area contributed by atoms with Crippen LogP contribution in [0.25, 0.3) is 0 Å². The molecule has 0 spiro atoms. The summed E-state index contributed by atoms with van der Waals surface area (Å²) in [6.07, 6.45) is 0.802. The van der Waals surface area contributed by atoms with Gasteiger partial charge in [-0.2, -0.15) is 5.10 Å². The first kappa shape index (κ1) is 14.6. The number of aromatic nitrogens is 2. The Morgan fingerprint density at radius 3 is 2.80 bits per heavy atom. The number of aliphatic hydroxyl groups excluding tert-OH is 1. The molecular weight excluding hydrogens is 278 g/mol. The number of amides is 1. The van der Waals surface area contributed by atoms with Crippen LogP contribution in [-0.4, -0.2) is 27.3 Å². The molecule has 2 rings (SSSR count). The number of nitrogens with zero attached hydrogens (tertiary/aromatic N) is 2. The van der Waals surface area contributed by atoms with Gasteiger partial charge in [0.15, 0.2) is 0 Å². The Labute approximate surface area is 122 Å². The van der Waals surface area contributed by atoms with Crippen molar-refractivity contribution >= 4 is 17.5 Å². The Hall–Kier alpha value is -1.85. The Kier molecular flexibility index (Phi) is 4.42. The highest BCUT2D eigenvalue weighted by Crippen LogP contribution is 2.21. The molecule has 0 saturated heterocycles. The quantitative estimate of drug-likeness (QED) is 0.904. The van der Waals surface area contributed by atoms with Gasteiger partial charge in [-0.25, -0.2) is 0 Å². The standard InChI is InChI=1S/C14H16ClN3O2/c1-9-11(8-18(2)17-9)14(20)16-7-13(19)10-5-3-4-6-12(10)15/h3-6,8,13,19H,7H2,1-2H3,(H,16,20). The van der Waals surface area contributed by atoms with E-state index in [4.69, 9.17) is 11.6 Å². The molecule has 6 heteroatoms. The maximum absolute atomic E-state index is 12.0. The molecule has 1 heterocycles. The van der Waals surface area contributed by atoms with Crippen LogP contribution in [0.3, 0.4) is 0 Å². The average Bonchev–Trinajstić information content (AvgIpc) is 2.75. The van der Waals surface area contributed by atoms with Gasteiger partial charge in [0.2, 0.25) is 0 Å². The van der Waals surface area contributed by atoms with Crippen molar-refractivity contribution in [2.45, 2.75) is 13.0 Å². The maximum Gasteiger partial charge on any atom is 0.254 e. The molecule has 1 atom stereocenters. The van der Waals surface area contributed by atoms with Gasteiger partial charge in [0.25, 0.3) is 5.91 Å². The van der Waals surface area contributed by atoms with Crippen molar-refractivity contribution in [3.8, 4) is 0 Å². The van der Waals surface area contributed by atoms with E-state index < -0.39 is 6.10 Å². The number of halogens is 1. The van der Waals surface area contributed by atoms with E-state index in [1.807, 2.05) is 0 Å². The van der Waals surface area contributed by atoms with E-state index in [2.05, 4.69) is 10.4 Å². The topological polar surface area (TPSA) is 67.2 Å². The first-order chi connectivity index (χ1) is 9.49. The van der Waals surface area contributed by atoms with E-state index in [0.29, 0.717) is 21.8 Å². The number of hydrogen-bond donors (Lipinski definition) is 2. The largest absolute Gasteiger partial charge is 0.387 e. The predicted molar refractivity (Wildman–Crippen MR) is 76.7 cm³/mol. The highest BCUT2D eigenvalue weighted by atomic mass is 35.5. The lowest BCUT2D eigenvalue weighted by Gasteiger charge is -2.13. The number of rotatable bonds is 4. The highest BCUT2D eigenvalue weighted by Gasteiger charge is 2.15. The third-order valence-electron chi connectivity index (χ3n) is 2.98. The molecule has 0 aliphatic heterocycles. The summed E-state index contributed by atoms with van der Waals surface area (Å²) in [5.41, 5.74) is 1.74. The monoisotopic (exact) mass is 293 g/mol. The van der Waals surface area contributed by atoms with Gasteiger partial charge in [0, 0.05) is 30.4 Å². The zero-order chi connectivity index (χ0) is 14.7. The molecule has 0 fully saturated rings. The van der Waals surface area contributed by atoms with Gasteiger partial charge in [-0.3, -0.25) is 9.48 Å². The number of carbonyl (C=O) groups is 1. The molecule has 1 unspecified atom stereocenters. The highest BCUT2D eigenvalue weighted by molar-refractivity contribution is 6.31. The minimum atomic E-state index is -0.843. The molecule has 2 aromatic rings. The van der Waals surface area contributed by atoms with Crippen molar-refractivity contribution in [2.24, 2.45) is 7.05 Å². The Morgan fingerprint density at radius 1 is 1.50 bits per heavy atom. The first-order valence-electron chi connectivity index (χ1n) is 6.20. The van der Waals surface area contributed by atoms with Gasteiger partial charge in [0.05, 0.1) is 17.4 Å². The third-order valence-corrected chi connectivity index (χ3v) is 3.32. The third kappa shape index (κ3) is 3.18.